The van der Waals surface area contributed by atoms with E-state index in [-0.39, 0.29) is 0 Å². The van der Waals surface area contributed by atoms with Crippen LogP contribution in [0.3, 0.4) is 0 Å². The fraction of sp³-hybridized carbons (Fsp3) is 0. The summed E-state index contributed by atoms with van der Waals surface area (Å²) in [5, 5.41) is 12.2. The van der Waals surface area contributed by atoms with Crippen molar-refractivity contribution in [1.29, 1.82) is 0 Å². The number of benzene rings is 1. The Morgan fingerprint density at radius 1 is 1.06 bits per heavy atom. The molecule has 88 valence electrons. The van der Waals surface area contributed by atoms with E-state index < -0.39 is 0 Å². The molecule has 2 aromatic heterocycles. The van der Waals surface area contributed by atoms with Gasteiger partial charge in [0.1, 0.15) is 0 Å². The van der Waals surface area contributed by atoms with E-state index in [1.54, 1.807) is 18.3 Å². The molecular formula is C12H10N6. The lowest BCUT2D eigenvalue weighted by atomic mass is 10.2. The predicted molar refractivity (Wildman–Crippen MR) is 66.8 cm³/mol. The van der Waals surface area contributed by atoms with Gasteiger partial charge in [0.2, 0.25) is 5.82 Å². The Labute approximate surface area is 103 Å². The molecule has 6 nitrogen and oxygen atoms in total. The number of hydrogen-bond donors (Lipinski definition) is 1. The van der Waals surface area contributed by atoms with E-state index in [2.05, 4.69) is 20.4 Å². The van der Waals surface area contributed by atoms with Crippen LogP contribution in [-0.2, 0) is 0 Å². The molecule has 0 aliphatic rings. The summed E-state index contributed by atoms with van der Waals surface area (Å²) in [5.74, 6) is 1.10. The highest BCUT2D eigenvalue weighted by molar-refractivity contribution is 5.53. The Morgan fingerprint density at radius 3 is 2.67 bits per heavy atom. The summed E-state index contributed by atoms with van der Waals surface area (Å²) < 4.78 is 0. The van der Waals surface area contributed by atoms with Crippen molar-refractivity contribution in [3.8, 4) is 17.2 Å². The Bertz CT molecular complexity index is 661. The number of nitrogens with two attached hydrogens (primary N) is 1. The van der Waals surface area contributed by atoms with Crippen LogP contribution in [0.15, 0.2) is 48.7 Å². The highest BCUT2D eigenvalue weighted by Crippen LogP contribution is 2.13. The van der Waals surface area contributed by atoms with Crippen LogP contribution in [0.2, 0.25) is 0 Å². The van der Waals surface area contributed by atoms with Crippen molar-refractivity contribution < 1.29 is 0 Å². The summed E-state index contributed by atoms with van der Waals surface area (Å²) in [4.78, 5) is 5.49. The average molecular weight is 238 g/mol. The van der Waals surface area contributed by atoms with Crippen molar-refractivity contribution in [2.45, 2.75) is 0 Å². The van der Waals surface area contributed by atoms with Gasteiger partial charge in [-0.2, -0.15) is 0 Å². The zero-order chi connectivity index (χ0) is 12.4. The highest BCUT2D eigenvalue weighted by atomic mass is 15.6. The Hall–Kier alpha value is -2.76. The van der Waals surface area contributed by atoms with Gasteiger partial charge in [0.05, 0.1) is 0 Å². The molecule has 0 radical (unpaired) electrons. The second-order valence-corrected chi connectivity index (χ2v) is 3.72. The largest absolute Gasteiger partial charge is 0.399 e. The van der Waals surface area contributed by atoms with Crippen LogP contribution in [0.1, 0.15) is 0 Å². The molecule has 0 bridgehead atoms. The van der Waals surface area contributed by atoms with Crippen molar-refractivity contribution in [1.82, 2.24) is 25.2 Å². The number of hydrogen-bond acceptors (Lipinski definition) is 5. The van der Waals surface area contributed by atoms with Gasteiger partial charge in [0.25, 0.3) is 0 Å². The molecule has 0 aliphatic carbocycles. The van der Waals surface area contributed by atoms with Crippen molar-refractivity contribution in [2.75, 3.05) is 5.73 Å². The number of nitrogens with zero attached hydrogens (tertiary/aromatic N) is 5. The van der Waals surface area contributed by atoms with Gasteiger partial charge in [-0.25, -0.2) is 4.98 Å². The molecule has 0 atom stereocenters. The summed E-state index contributed by atoms with van der Waals surface area (Å²) >= 11 is 0. The third-order valence-electron chi connectivity index (χ3n) is 2.42. The van der Waals surface area contributed by atoms with Gasteiger partial charge in [0, 0.05) is 23.5 Å². The van der Waals surface area contributed by atoms with Gasteiger partial charge in [-0.1, -0.05) is 30.3 Å². The standard InChI is InChI=1S/C12H10N6/c13-10-6-7-14-11(8-10)18-16-12(15-17-18)9-4-2-1-3-5-9/h1-8H,(H2,13,14). The molecule has 0 fully saturated rings. The van der Waals surface area contributed by atoms with E-state index in [1.165, 1.54) is 4.80 Å². The highest BCUT2D eigenvalue weighted by Gasteiger charge is 2.07. The first kappa shape index (κ1) is 10.4. The van der Waals surface area contributed by atoms with Crippen molar-refractivity contribution >= 4 is 5.69 Å². The number of aromatic nitrogens is 5. The SMILES string of the molecule is Nc1ccnc(-n2nnc(-c3ccccc3)n2)c1. The maximum Gasteiger partial charge on any atom is 0.205 e. The summed E-state index contributed by atoms with van der Waals surface area (Å²) in [5.41, 5.74) is 7.20. The van der Waals surface area contributed by atoms with Crippen LogP contribution in [0.5, 0.6) is 0 Å². The molecule has 0 amide bonds. The minimum Gasteiger partial charge on any atom is -0.399 e. The van der Waals surface area contributed by atoms with Gasteiger partial charge < -0.3 is 5.73 Å². The number of anilines is 1. The number of pyridine rings is 1. The molecule has 0 aliphatic heterocycles. The zero-order valence-corrected chi connectivity index (χ0v) is 9.43. The van der Waals surface area contributed by atoms with Gasteiger partial charge in [0.15, 0.2) is 5.82 Å². The van der Waals surface area contributed by atoms with Crippen LogP contribution in [-0.4, -0.2) is 25.2 Å². The fourth-order valence-electron chi connectivity index (χ4n) is 1.56. The van der Waals surface area contributed by atoms with Crippen LogP contribution >= 0.6 is 0 Å². The number of tetrazole rings is 1. The molecule has 0 saturated carbocycles. The number of rotatable bonds is 2. The van der Waals surface area contributed by atoms with E-state index in [0.29, 0.717) is 17.3 Å². The van der Waals surface area contributed by atoms with E-state index in [4.69, 9.17) is 5.73 Å². The number of nitrogen functional groups attached to an aromatic ring is 1. The van der Waals surface area contributed by atoms with Crippen molar-refractivity contribution in [3.05, 3.63) is 48.7 Å². The first-order valence-electron chi connectivity index (χ1n) is 5.40. The van der Waals surface area contributed by atoms with E-state index in [9.17, 15) is 0 Å². The van der Waals surface area contributed by atoms with Crippen LogP contribution in [0, 0.1) is 0 Å². The predicted octanol–water partition coefficient (Wildman–Crippen LogP) is 1.31. The molecule has 2 N–H and O–H groups in total. The first-order chi connectivity index (χ1) is 8.83. The van der Waals surface area contributed by atoms with Crippen LogP contribution in [0.25, 0.3) is 17.2 Å². The third-order valence-corrected chi connectivity index (χ3v) is 2.42. The summed E-state index contributed by atoms with van der Waals surface area (Å²) in [6.07, 6.45) is 1.61. The summed E-state index contributed by atoms with van der Waals surface area (Å²) in [6, 6.07) is 13.0. The monoisotopic (exact) mass is 238 g/mol. The normalized spacial score (nSPS) is 10.4. The Balaban J connectivity index is 2.00. The van der Waals surface area contributed by atoms with Gasteiger partial charge in [-0.05, 0) is 11.3 Å². The molecule has 0 spiro atoms. The molecule has 2 heterocycles. The molecule has 3 aromatic rings. The van der Waals surface area contributed by atoms with Gasteiger partial charge in [-0.3, -0.25) is 0 Å². The maximum absolute atomic E-state index is 5.68. The van der Waals surface area contributed by atoms with Gasteiger partial charge in [-0.15, -0.1) is 15.0 Å². The summed E-state index contributed by atoms with van der Waals surface area (Å²) in [7, 11) is 0. The summed E-state index contributed by atoms with van der Waals surface area (Å²) in [6.45, 7) is 0. The zero-order valence-electron chi connectivity index (χ0n) is 9.43. The quantitative estimate of drug-likeness (QED) is 0.727. The molecule has 0 saturated heterocycles. The third kappa shape index (κ3) is 1.91. The second-order valence-electron chi connectivity index (χ2n) is 3.72. The molecule has 3 rings (SSSR count). The van der Waals surface area contributed by atoms with E-state index >= 15 is 0 Å². The van der Waals surface area contributed by atoms with Crippen LogP contribution < -0.4 is 5.73 Å². The minimum atomic E-state index is 0.546. The molecule has 18 heavy (non-hydrogen) atoms. The van der Waals surface area contributed by atoms with E-state index in [1.807, 2.05) is 30.3 Å². The smallest absolute Gasteiger partial charge is 0.205 e. The lowest BCUT2D eigenvalue weighted by Crippen LogP contribution is -2.02. The Kier molecular flexibility index (Phi) is 2.45. The maximum atomic E-state index is 5.68. The molecular weight excluding hydrogens is 228 g/mol. The van der Waals surface area contributed by atoms with Gasteiger partial charge >= 0.3 is 0 Å². The van der Waals surface area contributed by atoms with Crippen LogP contribution in [0.4, 0.5) is 5.69 Å². The Morgan fingerprint density at radius 2 is 1.89 bits per heavy atom. The lowest BCUT2D eigenvalue weighted by molar-refractivity contribution is 0.701. The van der Waals surface area contributed by atoms with Crippen molar-refractivity contribution in [3.63, 3.8) is 0 Å². The fourth-order valence-corrected chi connectivity index (χ4v) is 1.56. The average Bonchev–Trinajstić information content (AvgIpc) is 2.89. The van der Waals surface area contributed by atoms with Crippen molar-refractivity contribution in [2.24, 2.45) is 0 Å². The molecule has 1 aromatic carbocycles. The molecule has 0 unspecified atom stereocenters. The lowest BCUT2D eigenvalue weighted by Gasteiger charge is -1.97. The second kappa shape index (κ2) is 4.25. The minimum absolute atomic E-state index is 0.546. The van der Waals surface area contributed by atoms with E-state index in [0.717, 1.165) is 5.56 Å². The molecule has 6 heteroatoms. The topological polar surface area (TPSA) is 82.5 Å². The first-order valence-corrected chi connectivity index (χ1v) is 5.40.